The lowest BCUT2D eigenvalue weighted by atomic mass is 9.96. The molecular weight excluding hydrogens is 339 g/mol. The van der Waals surface area contributed by atoms with Crippen molar-refractivity contribution in [2.24, 2.45) is 0 Å². The van der Waals surface area contributed by atoms with E-state index >= 15 is 0 Å². The number of Topliss-reactive ketones (excluding diaryl/α,β-unsaturated/α-hetero) is 1. The van der Waals surface area contributed by atoms with Crippen molar-refractivity contribution in [2.75, 3.05) is 0 Å². The number of fused-ring (bicyclic) bond motifs is 1. The Balaban J connectivity index is 1.97. The molecule has 3 heteroatoms. The first-order valence-electron chi connectivity index (χ1n) is 5.78. The molecular formula is C15H11IO2. The van der Waals surface area contributed by atoms with Crippen LogP contribution in [0.3, 0.4) is 0 Å². The van der Waals surface area contributed by atoms with Gasteiger partial charge < -0.3 is 4.74 Å². The predicted molar refractivity (Wildman–Crippen MR) is 77.9 cm³/mol. The van der Waals surface area contributed by atoms with Crippen LogP contribution in [-0.4, -0.2) is 5.78 Å². The number of rotatable bonds is 1. The Morgan fingerprint density at radius 2 is 1.94 bits per heavy atom. The highest BCUT2D eigenvalue weighted by atomic mass is 127. The number of hydrogen-bond donors (Lipinski definition) is 0. The van der Waals surface area contributed by atoms with Gasteiger partial charge in [-0.3, -0.25) is 4.79 Å². The number of halogens is 1. The number of ether oxygens (including phenoxy) is 1. The average Bonchev–Trinajstić information content (AvgIpc) is 2.39. The molecule has 2 nitrogen and oxygen atoms in total. The summed E-state index contributed by atoms with van der Waals surface area (Å²) < 4.78 is 7.07. The molecule has 1 unspecified atom stereocenters. The highest BCUT2D eigenvalue weighted by molar-refractivity contribution is 14.1. The fourth-order valence-electron chi connectivity index (χ4n) is 2.17. The van der Waals surface area contributed by atoms with E-state index in [9.17, 15) is 4.79 Å². The zero-order chi connectivity index (χ0) is 12.5. The van der Waals surface area contributed by atoms with Crippen LogP contribution >= 0.6 is 22.6 Å². The van der Waals surface area contributed by atoms with Gasteiger partial charge in [0.1, 0.15) is 11.9 Å². The van der Waals surface area contributed by atoms with E-state index in [-0.39, 0.29) is 11.9 Å². The second-order valence-corrected chi connectivity index (χ2v) is 5.53. The minimum Gasteiger partial charge on any atom is -0.484 e. The van der Waals surface area contributed by atoms with E-state index in [0.29, 0.717) is 17.7 Å². The van der Waals surface area contributed by atoms with Crippen LogP contribution in [0.2, 0.25) is 0 Å². The summed E-state index contributed by atoms with van der Waals surface area (Å²) in [7, 11) is 0. The monoisotopic (exact) mass is 350 g/mol. The molecule has 0 aliphatic carbocycles. The van der Waals surface area contributed by atoms with E-state index in [1.54, 1.807) is 0 Å². The van der Waals surface area contributed by atoms with Gasteiger partial charge in [0, 0.05) is 3.57 Å². The fourth-order valence-corrected chi connectivity index (χ4v) is 2.73. The van der Waals surface area contributed by atoms with Crippen LogP contribution in [0.1, 0.15) is 28.4 Å². The molecule has 0 radical (unpaired) electrons. The maximum atomic E-state index is 12.1. The number of hydrogen-bond acceptors (Lipinski definition) is 2. The van der Waals surface area contributed by atoms with Crippen LogP contribution in [0.4, 0.5) is 0 Å². The van der Waals surface area contributed by atoms with E-state index in [1.807, 2.05) is 42.5 Å². The third-order valence-electron chi connectivity index (χ3n) is 3.05. The van der Waals surface area contributed by atoms with Gasteiger partial charge in [-0.1, -0.05) is 24.3 Å². The van der Waals surface area contributed by atoms with Gasteiger partial charge in [-0.25, -0.2) is 0 Å². The molecule has 1 heterocycles. The molecule has 0 spiro atoms. The van der Waals surface area contributed by atoms with E-state index < -0.39 is 0 Å². The van der Waals surface area contributed by atoms with Crippen molar-refractivity contribution < 1.29 is 9.53 Å². The highest BCUT2D eigenvalue weighted by Gasteiger charge is 2.27. The first-order valence-corrected chi connectivity index (χ1v) is 6.86. The lowest BCUT2D eigenvalue weighted by Crippen LogP contribution is -2.20. The molecule has 0 saturated carbocycles. The molecule has 0 N–H and O–H groups in total. The maximum absolute atomic E-state index is 12.1. The second-order valence-electron chi connectivity index (χ2n) is 4.28. The molecule has 2 aromatic rings. The van der Waals surface area contributed by atoms with E-state index in [4.69, 9.17) is 4.74 Å². The predicted octanol–water partition coefficient (Wildman–Crippen LogP) is 4.00. The molecule has 1 atom stereocenters. The third kappa shape index (κ3) is 2.14. The first kappa shape index (κ1) is 11.7. The Labute approximate surface area is 119 Å². The summed E-state index contributed by atoms with van der Waals surface area (Å²) in [6, 6.07) is 15.5. The first-order chi connectivity index (χ1) is 8.74. The Bertz CT molecular complexity index is 607. The van der Waals surface area contributed by atoms with E-state index in [1.165, 1.54) is 0 Å². The molecule has 0 bridgehead atoms. The number of para-hydroxylation sites is 1. The molecule has 90 valence electrons. The summed E-state index contributed by atoms with van der Waals surface area (Å²) in [5.41, 5.74) is 1.75. The smallest absolute Gasteiger partial charge is 0.170 e. The molecule has 1 aliphatic rings. The zero-order valence-electron chi connectivity index (χ0n) is 9.60. The van der Waals surface area contributed by atoms with Crippen LogP contribution in [0.5, 0.6) is 5.75 Å². The van der Waals surface area contributed by atoms with Gasteiger partial charge in [0.15, 0.2) is 5.78 Å². The fraction of sp³-hybridized carbons (Fsp3) is 0.133. The van der Waals surface area contributed by atoms with Crippen molar-refractivity contribution in [1.82, 2.24) is 0 Å². The molecule has 1 aliphatic heterocycles. The van der Waals surface area contributed by atoms with Gasteiger partial charge in [-0.2, -0.15) is 0 Å². The highest BCUT2D eigenvalue weighted by Crippen LogP contribution is 2.34. The lowest BCUT2D eigenvalue weighted by molar-refractivity contribution is 0.0850. The molecule has 0 amide bonds. The van der Waals surface area contributed by atoms with Gasteiger partial charge in [0.05, 0.1) is 12.0 Å². The van der Waals surface area contributed by atoms with E-state index in [2.05, 4.69) is 28.7 Å². The van der Waals surface area contributed by atoms with Gasteiger partial charge in [-0.15, -0.1) is 0 Å². The summed E-state index contributed by atoms with van der Waals surface area (Å²) in [5, 5.41) is 0. The summed E-state index contributed by atoms with van der Waals surface area (Å²) >= 11 is 2.27. The van der Waals surface area contributed by atoms with Crippen LogP contribution in [0, 0.1) is 3.57 Å². The molecule has 0 aromatic heterocycles. The molecule has 3 rings (SSSR count). The van der Waals surface area contributed by atoms with Gasteiger partial charge in [0.2, 0.25) is 0 Å². The van der Waals surface area contributed by atoms with Crippen molar-refractivity contribution in [2.45, 2.75) is 12.5 Å². The zero-order valence-corrected chi connectivity index (χ0v) is 11.8. The van der Waals surface area contributed by atoms with Crippen LogP contribution in [-0.2, 0) is 0 Å². The van der Waals surface area contributed by atoms with Crippen molar-refractivity contribution >= 4 is 28.4 Å². The Morgan fingerprint density at radius 1 is 1.11 bits per heavy atom. The minimum absolute atomic E-state index is 0.153. The summed E-state index contributed by atoms with van der Waals surface area (Å²) in [4.78, 5) is 12.1. The van der Waals surface area contributed by atoms with E-state index in [0.717, 1.165) is 9.13 Å². The maximum Gasteiger partial charge on any atom is 0.170 e. The normalized spacial score (nSPS) is 18.1. The van der Waals surface area contributed by atoms with Crippen LogP contribution in [0.25, 0.3) is 0 Å². The molecule has 2 aromatic carbocycles. The Kier molecular flexibility index (Phi) is 3.07. The van der Waals surface area contributed by atoms with Gasteiger partial charge in [0.25, 0.3) is 0 Å². The van der Waals surface area contributed by atoms with Crippen LogP contribution in [0.15, 0.2) is 48.5 Å². The standard InChI is InChI=1S/C15H11IO2/c16-11-5-3-4-10(8-11)15-9-13(17)12-6-1-2-7-14(12)18-15/h1-8,15H,9H2. The number of carbonyl (C=O) groups excluding carboxylic acids is 1. The second kappa shape index (κ2) is 4.72. The molecule has 0 saturated heterocycles. The largest absolute Gasteiger partial charge is 0.484 e. The van der Waals surface area contributed by atoms with Crippen molar-refractivity contribution in [3.63, 3.8) is 0 Å². The summed E-state index contributed by atoms with van der Waals surface area (Å²) in [6.07, 6.45) is 0.249. The van der Waals surface area contributed by atoms with Crippen molar-refractivity contribution in [1.29, 1.82) is 0 Å². The Morgan fingerprint density at radius 3 is 2.78 bits per heavy atom. The third-order valence-corrected chi connectivity index (χ3v) is 3.72. The summed E-state index contributed by atoms with van der Waals surface area (Å²) in [6.45, 7) is 0. The number of ketones is 1. The van der Waals surface area contributed by atoms with Crippen molar-refractivity contribution in [3.8, 4) is 5.75 Å². The molecule has 18 heavy (non-hydrogen) atoms. The summed E-state index contributed by atoms with van der Waals surface area (Å²) in [5.74, 6) is 0.846. The van der Waals surface area contributed by atoms with Crippen molar-refractivity contribution in [3.05, 3.63) is 63.2 Å². The SMILES string of the molecule is O=C1CC(c2cccc(I)c2)Oc2ccccc21. The number of benzene rings is 2. The van der Waals surface area contributed by atoms with Gasteiger partial charge >= 0.3 is 0 Å². The Hall–Kier alpha value is -1.36. The topological polar surface area (TPSA) is 26.3 Å². The van der Waals surface area contributed by atoms with Gasteiger partial charge in [-0.05, 0) is 52.4 Å². The average molecular weight is 350 g/mol. The number of carbonyl (C=O) groups is 1. The van der Waals surface area contributed by atoms with Crippen LogP contribution < -0.4 is 4.74 Å². The lowest BCUT2D eigenvalue weighted by Gasteiger charge is -2.25. The molecule has 0 fully saturated rings. The quantitative estimate of drug-likeness (QED) is 0.727. The minimum atomic E-state index is -0.165.